The van der Waals surface area contributed by atoms with E-state index in [-0.39, 0.29) is 18.2 Å². The number of aliphatic carboxylic acids is 2. The highest BCUT2D eigenvalue weighted by Crippen LogP contribution is 2.16. The summed E-state index contributed by atoms with van der Waals surface area (Å²) in [6.45, 7) is 0.769. The van der Waals surface area contributed by atoms with Gasteiger partial charge in [-0.05, 0) is 0 Å². The normalized spacial score (nSPS) is 16.2. The van der Waals surface area contributed by atoms with Crippen LogP contribution in [-0.4, -0.2) is 63.1 Å². The summed E-state index contributed by atoms with van der Waals surface area (Å²) in [4.78, 5) is 45.4. The number of nitrogens with one attached hydrogen (secondary N) is 1. The maximum atomic E-state index is 11.5. The quantitative estimate of drug-likeness (QED) is 0.582. The van der Waals surface area contributed by atoms with E-state index in [4.69, 9.17) is 10.2 Å². The van der Waals surface area contributed by atoms with Crippen molar-refractivity contribution >= 4 is 34.8 Å². The average molecular weight is 290 g/mol. The molecule has 0 spiro atoms. The van der Waals surface area contributed by atoms with Crippen molar-refractivity contribution < 1.29 is 29.4 Å². The molecule has 1 rings (SSSR count). The van der Waals surface area contributed by atoms with E-state index in [2.05, 4.69) is 5.32 Å². The Bertz CT molecular complexity index is 399. The molecular weight excluding hydrogens is 276 g/mol. The molecule has 1 aliphatic rings. The minimum absolute atomic E-state index is 0.0459. The molecule has 0 aromatic carbocycles. The molecule has 19 heavy (non-hydrogen) atoms. The molecule has 2 amide bonds. The Morgan fingerprint density at radius 3 is 2.53 bits per heavy atom. The Labute approximate surface area is 113 Å². The van der Waals surface area contributed by atoms with Crippen LogP contribution in [0.15, 0.2) is 0 Å². The van der Waals surface area contributed by atoms with Gasteiger partial charge in [-0.2, -0.15) is 0 Å². The molecule has 1 aliphatic heterocycles. The smallest absolute Gasteiger partial charge is 0.326 e. The first-order valence-corrected chi connectivity index (χ1v) is 6.54. The van der Waals surface area contributed by atoms with Crippen LogP contribution in [0.4, 0.5) is 4.79 Å². The van der Waals surface area contributed by atoms with Crippen molar-refractivity contribution in [3.63, 3.8) is 0 Å². The van der Waals surface area contributed by atoms with E-state index in [1.54, 1.807) is 0 Å². The molecule has 1 heterocycles. The number of hydrogen-bond donors (Lipinski definition) is 3. The van der Waals surface area contributed by atoms with Crippen molar-refractivity contribution in [2.24, 2.45) is 0 Å². The van der Waals surface area contributed by atoms with Gasteiger partial charge in [-0.25, -0.2) is 4.79 Å². The maximum Gasteiger partial charge on any atom is 0.326 e. The minimum atomic E-state index is -1.45. The van der Waals surface area contributed by atoms with E-state index in [1.165, 1.54) is 16.7 Å². The van der Waals surface area contributed by atoms with Gasteiger partial charge in [-0.3, -0.25) is 14.4 Å². The van der Waals surface area contributed by atoms with Crippen LogP contribution in [0.2, 0.25) is 0 Å². The summed E-state index contributed by atoms with van der Waals surface area (Å²) in [5, 5.41) is 19.3. The van der Waals surface area contributed by atoms with Crippen LogP contribution in [0.5, 0.6) is 0 Å². The van der Waals surface area contributed by atoms with Crippen molar-refractivity contribution in [1.82, 2.24) is 10.2 Å². The Kier molecular flexibility index (Phi) is 5.61. The molecule has 1 atom stereocenters. The number of rotatable bonds is 7. The van der Waals surface area contributed by atoms with E-state index >= 15 is 0 Å². The zero-order chi connectivity index (χ0) is 14.4. The van der Waals surface area contributed by atoms with Gasteiger partial charge in [0.1, 0.15) is 6.04 Å². The van der Waals surface area contributed by atoms with Crippen LogP contribution < -0.4 is 5.32 Å². The predicted molar refractivity (Wildman–Crippen MR) is 65.9 cm³/mol. The van der Waals surface area contributed by atoms with Gasteiger partial charge < -0.3 is 20.4 Å². The summed E-state index contributed by atoms with van der Waals surface area (Å²) in [7, 11) is 0. The third kappa shape index (κ3) is 5.16. The first kappa shape index (κ1) is 15.3. The lowest BCUT2D eigenvalue weighted by molar-refractivity contribution is -0.147. The fourth-order valence-electron chi connectivity index (χ4n) is 1.51. The second-order valence-corrected chi connectivity index (χ2v) is 4.95. The Balaban J connectivity index is 2.37. The molecule has 0 aromatic rings. The largest absolute Gasteiger partial charge is 0.481 e. The third-order valence-corrected chi connectivity index (χ3v) is 3.36. The Hall–Kier alpha value is -1.77. The second kappa shape index (κ2) is 6.98. The van der Waals surface area contributed by atoms with Gasteiger partial charge in [0.15, 0.2) is 0 Å². The number of amides is 2. The molecule has 0 radical (unpaired) electrons. The van der Waals surface area contributed by atoms with Crippen LogP contribution in [0.3, 0.4) is 0 Å². The molecule has 0 aromatic heterocycles. The van der Waals surface area contributed by atoms with E-state index in [0.29, 0.717) is 12.3 Å². The monoisotopic (exact) mass is 290 g/mol. The van der Waals surface area contributed by atoms with Gasteiger partial charge in [-0.15, -0.1) is 0 Å². The lowest BCUT2D eigenvalue weighted by Crippen LogP contribution is -2.43. The van der Waals surface area contributed by atoms with Gasteiger partial charge in [-0.1, -0.05) is 11.8 Å². The molecule has 1 fully saturated rings. The summed E-state index contributed by atoms with van der Waals surface area (Å²) in [5.74, 6) is -2.61. The van der Waals surface area contributed by atoms with Crippen molar-refractivity contribution in [2.45, 2.75) is 18.9 Å². The zero-order valence-electron chi connectivity index (χ0n) is 10.00. The highest BCUT2D eigenvalue weighted by atomic mass is 32.2. The fourth-order valence-corrected chi connectivity index (χ4v) is 2.36. The first-order valence-electron chi connectivity index (χ1n) is 5.56. The van der Waals surface area contributed by atoms with E-state index in [0.717, 1.165) is 0 Å². The maximum absolute atomic E-state index is 11.5. The van der Waals surface area contributed by atoms with Crippen LogP contribution >= 0.6 is 11.8 Å². The van der Waals surface area contributed by atoms with E-state index in [9.17, 15) is 19.2 Å². The predicted octanol–water partition coefficient (Wildman–Crippen LogP) is -0.411. The summed E-state index contributed by atoms with van der Waals surface area (Å²) >= 11 is 1.17. The number of nitrogens with zero attached hydrogens (tertiary/aromatic N) is 1. The van der Waals surface area contributed by atoms with E-state index < -0.39 is 30.3 Å². The van der Waals surface area contributed by atoms with Gasteiger partial charge in [0.25, 0.3) is 5.24 Å². The standard InChI is InChI=1S/C10H14N2O6S/c13-7(1-2-12-3-4-19-10(12)18)11-6(9(16)17)5-8(14)15/h6H,1-5H2,(H,11,13)(H,14,15)(H,16,17)/t6-/m1/s1. The molecule has 0 unspecified atom stereocenters. The molecule has 106 valence electrons. The van der Waals surface area contributed by atoms with Crippen molar-refractivity contribution in [2.75, 3.05) is 18.8 Å². The molecule has 0 bridgehead atoms. The van der Waals surface area contributed by atoms with Crippen LogP contribution in [0.25, 0.3) is 0 Å². The minimum Gasteiger partial charge on any atom is -0.481 e. The lowest BCUT2D eigenvalue weighted by Gasteiger charge is -2.16. The second-order valence-electron chi connectivity index (χ2n) is 3.91. The highest BCUT2D eigenvalue weighted by Gasteiger charge is 2.25. The Morgan fingerprint density at radius 1 is 1.37 bits per heavy atom. The summed E-state index contributed by atoms with van der Waals surface area (Å²) < 4.78 is 0. The number of carboxylic acid groups (broad SMARTS) is 2. The zero-order valence-corrected chi connectivity index (χ0v) is 10.8. The number of thioether (sulfide) groups is 1. The number of carboxylic acids is 2. The SMILES string of the molecule is O=C(O)C[C@@H](NC(=O)CCN1CCSC1=O)C(=O)O. The van der Waals surface area contributed by atoms with Crippen molar-refractivity contribution in [3.05, 3.63) is 0 Å². The van der Waals surface area contributed by atoms with Gasteiger partial charge in [0.05, 0.1) is 6.42 Å². The summed E-state index contributed by atoms with van der Waals surface area (Å²) in [6.07, 6.45) is -0.727. The number of carbonyl (C=O) groups excluding carboxylic acids is 2. The van der Waals surface area contributed by atoms with Crippen molar-refractivity contribution in [3.8, 4) is 0 Å². The van der Waals surface area contributed by atoms with Crippen LogP contribution in [0.1, 0.15) is 12.8 Å². The average Bonchev–Trinajstić information content (AvgIpc) is 2.70. The topological polar surface area (TPSA) is 124 Å². The summed E-state index contributed by atoms with van der Waals surface area (Å²) in [6, 6.07) is -1.45. The highest BCUT2D eigenvalue weighted by molar-refractivity contribution is 8.13. The van der Waals surface area contributed by atoms with E-state index in [1.807, 2.05) is 0 Å². The molecule has 3 N–H and O–H groups in total. The molecule has 0 aliphatic carbocycles. The van der Waals surface area contributed by atoms with Crippen LogP contribution in [0, 0.1) is 0 Å². The van der Waals surface area contributed by atoms with Gasteiger partial charge in [0, 0.05) is 25.3 Å². The lowest BCUT2D eigenvalue weighted by atomic mass is 10.2. The van der Waals surface area contributed by atoms with Crippen molar-refractivity contribution in [1.29, 1.82) is 0 Å². The third-order valence-electron chi connectivity index (χ3n) is 2.47. The Morgan fingerprint density at radius 2 is 2.05 bits per heavy atom. The molecule has 8 nitrogen and oxygen atoms in total. The molecule has 0 saturated carbocycles. The fraction of sp³-hybridized carbons (Fsp3) is 0.600. The van der Waals surface area contributed by atoms with Gasteiger partial charge >= 0.3 is 11.9 Å². The molecule has 9 heteroatoms. The van der Waals surface area contributed by atoms with Crippen LogP contribution in [-0.2, 0) is 14.4 Å². The number of hydrogen-bond acceptors (Lipinski definition) is 5. The number of carbonyl (C=O) groups is 4. The molecule has 1 saturated heterocycles. The molecular formula is C10H14N2O6S. The van der Waals surface area contributed by atoms with Gasteiger partial charge in [0.2, 0.25) is 5.91 Å². The first-order chi connectivity index (χ1) is 8.90. The summed E-state index contributed by atoms with van der Waals surface area (Å²) in [5.41, 5.74) is 0.